The molecule has 10 heavy (non-hydrogen) atoms. The van der Waals surface area contributed by atoms with Crippen LogP contribution < -0.4 is 0 Å². The second kappa shape index (κ2) is 5.98. The van der Waals surface area contributed by atoms with Crippen molar-refractivity contribution in [3.8, 4) is 0 Å². The molecule has 0 fully saturated rings. The Morgan fingerprint density at radius 1 is 1.60 bits per heavy atom. The van der Waals surface area contributed by atoms with Crippen LogP contribution in [0.15, 0.2) is 0 Å². The number of unbranched alkanes of at least 4 members (excludes halogenated alkanes) is 1. The first kappa shape index (κ1) is 10.2. The summed E-state index contributed by atoms with van der Waals surface area (Å²) in [6.07, 6.45) is 2.41. The lowest BCUT2D eigenvalue weighted by Gasteiger charge is -2.01. The Kier molecular flexibility index (Phi) is 6.13. The molecular weight excluding hydrogens is 219 g/mol. The zero-order chi connectivity index (χ0) is 7.98. The van der Waals surface area contributed by atoms with E-state index in [1.807, 2.05) is 0 Å². The normalized spacial score (nSPS) is 13.0. The molecule has 60 valence electrons. The summed E-state index contributed by atoms with van der Waals surface area (Å²) in [5.74, 6) is -0.186. The average Bonchev–Trinajstić information content (AvgIpc) is 1.88. The molecule has 0 aliphatic rings. The minimum Gasteiger partial charge on any atom is -0.480 e. The van der Waals surface area contributed by atoms with Crippen LogP contribution >= 0.6 is 27.5 Å². The molecule has 0 aromatic rings. The van der Waals surface area contributed by atoms with Crippen molar-refractivity contribution in [1.29, 1.82) is 0 Å². The van der Waals surface area contributed by atoms with Crippen LogP contribution in [0.2, 0.25) is 0 Å². The van der Waals surface area contributed by atoms with Crippen LogP contribution in [0.1, 0.15) is 19.3 Å². The third-order valence-corrected chi connectivity index (χ3v) is 2.23. The zero-order valence-corrected chi connectivity index (χ0v) is 7.86. The van der Waals surface area contributed by atoms with Gasteiger partial charge in [-0.15, -0.1) is 11.6 Å². The van der Waals surface area contributed by atoms with Crippen LogP contribution in [0, 0.1) is 0 Å². The van der Waals surface area contributed by atoms with Crippen LogP contribution in [-0.4, -0.2) is 21.8 Å². The Morgan fingerprint density at radius 2 is 2.20 bits per heavy atom. The smallest absolute Gasteiger partial charge is 0.317 e. The molecule has 0 heterocycles. The lowest BCUT2D eigenvalue weighted by atomic mass is 10.2. The van der Waals surface area contributed by atoms with E-state index >= 15 is 0 Å². The third-order valence-electron chi connectivity index (χ3n) is 1.11. The van der Waals surface area contributed by atoms with E-state index in [1.165, 1.54) is 0 Å². The van der Waals surface area contributed by atoms with Gasteiger partial charge in [-0.3, -0.25) is 4.79 Å². The second-order valence-corrected chi connectivity index (χ2v) is 3.47. The molecule has 0 aromatic carbocycles. The number of alkyl halides is 2. The number of carboxylic acids is 1. The Labute approximate surface area is 73.7 Å². The van der Waals surface area contributed by atoms with Crippen molar-refractivity contribution in [2.75, 3.05) is 5.88 Å². The predicted octanol–water partition coefficient (Wildman–Crippen LogP) is 2.24. The van der Waals surface area contributed by atoms with E-state index in [4.69, 9.17) is 16.7 Å². The van der Waals surface area contributed by atoms with Crippen LogP contribution in [0.25, 0.3) is 0 Å². The molecule has 0 amide bonds. The summed E-state index contributed by atoms with van der Waals surface area (Å²) in [6, 6.07) is 0. The molecule has 0 saturated carbocycles. The second-order valence-electron chi connectivity index (χ2n) is 1.99. The van der Waals surface area contributed by atoms with E-state index in [0.717, 1.165) is 12.8 Å². The standard InChI is InChI=1S/C6H10BrClO2/c7-5(6(9)10)3-1-2-4-8/h5H,1-4H2,(H,9,10). The first-order chi connectivity index (χ1) is 4.68. The molecule has 1 unspecified atom stereocenters. The Balaban J connectivity index is 3.21. The molecule has 2 nitrogen and oxygen atoms in total. The van der Waals surface area contributed by atoms with E-state index in [-0.39, 0.29) is 0 Å². The van der Waals surface area contributed by atoms with Crippen molar-refractivity contribution in [3.63, 3.8) is 0 Å². The summed E-state index contributed by atoms with van der Waals surface area (Å²) in [7, 11) is 0. The number of halogens is 2. The van der Waals surface area contributed by atoms with Gasteiger partial charge < -0.3 is 5.11 Å². The first-order valence-electron chi connectivity index (χ1n) is 3.11. The van der Waals surface area contributed by atoms with Crippen LogP contribution in [0.4, 0.5) is 0 Å². The summed E-state index contributed by atoms with van der Waals surface area (Å²) >= 11 is 8.43. The van der Waals surface area contributed by atoms with E-state index < -0.39 is 10.8 Å². The van der Waals surface area contributed by atoms with Gasteiger partial charge in [-0.2, -0.15) is 0 Å². The van der Waals surface area contributed by atoms with Crippen molar-refractivity contribution >= 4 is 33.5 Å². The van der Waals surface area contributed by atoms with Gasteiger partial charge in [-0.1, -0.05) is 22.4 Å². The van der Waals surface area contributed by atoms with Crippen molar-refractivity contribution in [2.45, 2.75) is 24.1 Å². The van der Waals surface area contributed by atoms with Gasteiger partial charge in [-0.05, 0) is 12.8 Å². The van der Waals surface area contributed by atoms with Crippen LogP contribution in [0.3, 0.4) is 0 Å². The molecule has 0 saturated heterocycles. The molecule has 0 aliphatic heterocycles. The molecular formula is C6H10BrClO2. The summed E-state index contributed by atoms with van der Waals surface area (Å²) in [5.41, 5.74) is 0. The highest BCUT2D eigenvalue weighted by molar-refractivity contribution is 9.10. The maximum absolute atomic E-state index is 10.2. The summed E-state index contributed by atoms with van der Waals surface area (Å²) < 4.78 is 0. The molecule has 4 heteroatoms. The zero-order valence-electron chi connectivity index (χ0n) is 5.52. The fourth-order valence-electron chi connectivity index (χ4n) is 0.542. The van der Waals surface area contributed by atoms with Crippen molar-refractivity contribution < 1.29 is 9.90 Å². The lowest BCUT2D eigenvalue weighted by molar-refractivity contribution is -0.136. The Bertz CT molecular complexity index is 108. The number of aliphatic carboxylic acids is 1. The predicted molar refractivity (Wildman–Crippen MR) is 44.9 cm³/mol. The average molecular weight is 230 g/mol. The number of hydrogen-bond donors (Lipinski definition) is 1. The van der Waals surface area contributed by atoms with Gasteiger partial charge in [0.05, 0.1) is 0 Å². The topological polar surface area (TPSA) is 37.3 Å². The lowest BCUT2D eigenvalue weighted by Crippen LogP contribution is -2.11. The first-order valence-corrected chi connectivity index (χ1v) is 4.56. The number of carboxylic acid groups (broad SMARTS) is 1. The number of hydrogen-bond acceptors (Lipinski definition) is 1. The fraction of sp³-hybridized carbons (Fsp3) is 0.833. The molecule has 0 spiro atoms. The van der Waals surface area contributed by atoms with E-state index in [9.17, 15) is 4.79 Å². The van der Waals surface area contributed by atoms with Crippen molar-refractivity contribution in [3.05, 3.63) is 0 Å². The van der Waals surface area contributed by atoms with Crippen molar-refractivity contribution in [2.24, 2.45) is 0 Å². The Hall–Kier alpha value is 0.240. The van der Waals surface area contributed by atoms with Gasteiger partial charge in [-0.25, -0.2) is 0 Å². The molecule has 0 radical (unpaired) electrons. The number of rotatable bonds is 5. The van der Waals surface area contributed by atoms with E-state index in [2.05, 4.69) is 15.9 Å². The molecule has 0 bridgehead atoms. The SMILES string of the molecule is O=C(O)C(Br)CCCCCl. The third kappa shape index (κ3) is 5.06. The highest BCUT2D eigenvalue weighted by Gasteiger charge is 2.10. The minimum atomic E-state index is -0.797. The van der Waals surface area contributed by atoms with Crippen molar-refractivity contribution in [1.82, 2.24) is 0 Å². The van der Waals surface area contributed by atoms with Crippen LogP contribution in [0.5, 0.6) is 0 Å². The van der Waals surface area contributed by atoms with Gasteiger partial charge >= 0.3 is 5.97 Å². The molecule has 0 aliphatic carbocycles. The maximum atomic E-state index is 10.2. The molecule has 1 N–H and O–H groups in total. The van der Waals surface area contributed by atoms with Gasteiger partial charge in [0.15, 0.2) is 0 Å². The quantitative estimate of drug-likeness (QED) is 0.580. The summed E-state index contributed by atoms with van der Waals surface area (Å²) in [4.78, 5) is 9.81. The largest absolute Gasteiger partial charge is 0.480 e. The molecule has 0 aromatic heterocycles. The fourth-order valence-corrected chi connectivity index (χ4v) is 1.05. The van der Waals surface area contributed by atoms with E-state index in [0.29, 0.717) is 12.3 Å². The maximum Gasteiger partial charge on any atom is 0.317 e. The summed E-state index contributed by atoms with van der Waals surface area (Å²) in [5, 5.41) is 8.40. The van der Waals surface area contributed by atoms with Crippen LogP contribution in [-0.2, 0) is 4.79 Å². The highest BCUT2D eigenvalue weighted by Crippen LogP contribution is 2.09. The Morgan fingerprint density at radius 3 is 2.60 bits per heavy atom. The van der Waals surface area contributed by atoms with Gasteiger partial charge in [0.2, 0.25) is 0 Å². The molecule has 1 atom stereocenters. The van der Waals surface area contributed by atoms with Gasteiger partial charge in [0.25, 0.3) is 0 Å². The van der Waals surface area contributed by atoms with E-state index in [1.54, 1.807) is 0 Å². The number of carbonyl (C=O) groups is 1. The van der Waals surface area contributed by atoms with Gasteiger partial charge in [0.1, 0.15) is 4.83 Å². The van der Waals surface area contributed by atoms with Gasteiger partial charge in [0, 0.05) is 5.88 Å². The monoisotopic (exact) mass is 228 g/mol. The summed E-state index contributed by atoms with van der Waals surface area (Å²) in [6.45, 7) is 0. The highest BCUT2D eigenvalue weighted by atomic mass is 79.9. The molecule has 0 rings (SSSR count). The minimum absolute atomic E-state index is 0.407.